The number of hydrogen-bond donors (Lipinski definition) is 2. The molecule has 0 saturated carbocycles. The fraction of sp³-hybridized carbons (Fsp3) is 0.0476. The van der Waals surface area contributed by atoms with Gasteiger partial charge in [-0.25, -0.2) is 10.4 Å². The normalized spacial score (nSPS) is 12.9. The van der Waals surface area contributed by atoms with Gasteiger partial charge in [0.05, 0.1) is 11.9 Å². The first kappa shape index (κ1) is 16.4. The molecule has 5 heteroatoms. The maximum Gasteiger partial charge on any atom is 0.214 e. The average molecular weight is 361 g/mol. The van der Waals surface area contributed by atoms with Crippen molar-refractivity contribution >= 4 is 29.5 Å². The number of guanidine groups is 1. The molecule has 26 heavy (non-hydrogen) atoms. The molecule has 0 heterocycles. The molecule has 0 radical (unpaired) electrons. The first-order valence-electron chi connectivity index (χ1n) is 8.29. The Bertz CT molecular complexity index is 1010. The maximum absolute atomic E-state index is 5.85. The first-order chi connectivity index (χ1) is 12.7. The fourth-order valence-electron chi connectivity index (χ4n) is 3.10. The van der Waals surface area contributed by atoms with Crippen molar-refractivity contribution in [2.45, 2.75) is 6.42 Å². The van der Waals surface area contributed by atoms with Gasteiger partial charge in [0.15, 0.2) is 0 Å². The summed E-state index contributed by atoms with van der Waals surface area (Å²) in [6.45, 7) is 0. The molecule has 4 rings (SSSR count). The topological polar surface area (TPSA) is 62.8 Å². The lowest BCUT2D eigenvalue weighted by atomic mass is 10.0. The van der Waals surface area contributed by atoms with Crippen LogP contribution in [-0.2, 0) is 6.42 Å². The second kappa shape index (κ2) is 7.02. The molecule has 4 nitrogen and oxygen atoms in total. The highest BCUT2D eigenvalue weighted by atomic mass is 35.5. The zero-order valence-electron chi connectivity index (χ0n) is 14.0. The van der Waals surface area contributed by atoms with E-state index in [2.05, 4.69) is 58.0 Å². The van der Waals surface area contributed by atoms with Crippen LogP contribution in [-0.4, -0.2) is 12.2 Å². The Balaban J connectivity index is 1.45. The van der Waals surface area contributed by atoms with Crippen LogP contribution in [0.1, 0.15) is 16.7 Å². The Morgan fingerprint density at radius 3 is 2.58 bits per heavy atom. The van der Waals surface area contributed by atoms with Crippen LogP contribution in [0.3, 0.4) is 0 Å². The van der Waals surface area contributed by atoms with E-state index in [1.165, 1.54) is 22.3 Å². The van der Waals surface area contributed by atoms with Crippen LogP contribution in [0.2, 0.25) is 5.02 Å². The molecule has 0 atom stereocenters. The van der Waals surface area contributed by atoms with E-state index in [0.29, 0.717) is 10.7 Å². The quantitative estimate of drug-likeness (QED) is 0.321. The third-order valence-corrected chi connectivity index (χ3v) is 4.54. The molecule has 0 aromatic heterocycles. The summed E-state index contributed by atoms with van der Waals surface area (Å²) < 4.78 is 0. The van der Waals surface area contributed by atoms with Crippen LogP contribution >= 0.6 is 11.6 Å². The highest BCUT2D eigenvalue weighted by Crippen LogP contribution is 2.36. The Hall–Kier alpha value is -3.11. The zero-order valence-corrected chi connectivity index (χ0v) is 14.7. The molecule has 3 N–H and O–H groups in total. The van der Waals surface area contributed by atoms with Gasteiger partial charge in [-0.05, 0) is 64.6 Å². The standard InChI is InChI=1S/C21H17ClN4/c22-17-6-8-18(9-7-17)25-21(23)26-24-13-14-5-10-20-16(11-14)12-15-3-1-2-4-19(15)20/h1-11,13H,12H2,(H3,23,25,26)/b24-13+. The zero-order chi connectivity index (χ0) is 17.9. The van der Waals surface area contributed by atoms with Crippen molar-refractivity contribution < 1.29 is 0 Å². The highest BCUT2D eigenvalue weighted by Gasteiger charge is 2.17. The molecule has 0 fully saturated rings. The van der Waals surface area contributed by atoms with Gasteiger partial charge in [-0.3, -0.25) is 0 Å². The predicted octanol–water partition coefficient (Wildman–Crippen LogP) is 4.48. The minimum Gasteiger partial charge on any atom is -0.368 e. The van der Waals surface area contributed by atoms with Crippen LogP contribution in [0, 0.1) is 0 Å². The van der Waals surface area contributed by atoms with Gasteiger partial charge in [-0.1, -0.05) is 48.0 Å². The lowest BCUT2D eigenvalue weighted by Gasteiger charge is -2.02. The van der Waals surface area contributed by atoms with Crippen molar-refractivity contribution in [3.8, 4) is 11.1 Å². The summed E-state index contributed by atoms with van der Waals surface area (Å²) in [6.07, 6.45) is 2.70. The molecule has 0 aliphatic heterocycles. The molecular formula is C21H17ClN4. The minimum absolute atomic E-state index is 0.220. The minimum atomic E-state index is 0.220. The number of hydrogen-bond acceptors (Lipinski definition) is 2. The molecule has 128 valence electrons. The van der Waals surface area contributed by atoms with Gasteiger partial charge in [-0.2, -0.15) is 5.10 Å². The molecule has 0 saturated heterocycles. The predicted molar refractivity (Wildman–Crippen MR) is 108 cm³/mol. The second-order valence-corrected chi connectivity index (χ2v) is 6.53. The molecule has 3 aromatic carbocycles. The van der Waals surface area contributed by atoms with E-state index in [9.17, 15) is 0 Å². The number of fused-ring (bicyclic) bond motifs is 3. The van der Waals surface area contributed by atoms with E-state index in [1.807, 2.05) is 0 Å². The highest BCUT2D eigenvalue weighted by molar-refractivity contribution is 6.30. The monoisotopic (exact) mass is 360 g/mol. The van der Waals surface area contributed by atoms with Crippen molar-refractivity contribution in [1.82, 2.24) is 5.43 Å². The van der Waals surface area contributed by atoms with E-state index in [0.717, 1.165) is 12.0 Å². The molecule has 3 aromatic rings. The Kier molecular flexibility index (Phi) is 4.42. The van der Waals surface area contributed by atoms with E-state index >= 15 is 0 Å². The molecular weight excluding hydrogens is 344 g/mol. The van der Waals surface area contributed by atoms with Gasteiger partial charge in [0, 0.05) is 5.02 Å². The number of nitrogens with two attached hydrogens (primary N) is 1. The summed E-state index contributed by atoms with van der Waals surface area (Å²) in [5.41, 5.74) is 15.6. The van der Waals surface area contributed by atoms with Gasteiger partial charge < -0.3 is 5.73 Å². The van der Waals surface area contributed by atoms with Crippen LogP contribution in [0.15, 0.2) is 76.8 Å². The van der Waals surface area contributed by atoms with Gasteiger partial charge in [-0.15, -0.1) is 0 Å². The Labute approximate surface area is 157 Å². The van der Waals surface area contributed by atoms with Crippen molar-refractivity contribution in [1.29, 1.82) is 0 Å². The number of nitrogens with zero attached hydrogens (tertiary/aromatic N) is 2. The number of halogens is 1. The molecule has 1 aliphatic carbocycles. The maximum atomic E-state index is 5.85. The third-order valence-electron chi connectivity index (χ3n) is 4.29. The SMILES string of the molecule is NC(=Nc1ccc(Cl)cc1)N/N=C/c1ccc2c(c1)Cc1ccccc1-2. The summed E-state index contributed by atoms with van der Waals surface area (Å²) in [5, 5.41) is 4.83. The van der Waals surface area contributed by atoms with Crippen molar-refractivity contribution in [2.75, 3.05) is 0 Å². The van der Waals surface area contributed by atoms with Gasteiger partial charge in [0.1, 0.15) is 0 Å². The smallest absolute Gasteiger partial charge is 0.214 e. The first-order valence-corrected chi connectivity index (χ1v) is 8.67. The van der Waals surface area contributed by atoms with Crippen molar-refractivity contribution in [2.24, 2.45) is 15.8 Å². The Morgan fingerprint density at radius 1 is 0.962 bits per heavy atom. The van der Waals surface area contributed by atoms with Gasteiger partial charge in [0.2, 0.25) is 5.96 Å². The number of aliphatic imine (C=N–C) groups is 1. The summed E-state index contributed by atoms with van der Waals surface area (Å²) in [4.78, 5) is 4.23. The molecule has 1 aliphatic rings. The number of nitrogens with one attached hydrogen (secondary N) is 1. The number of rotatable bonds is 3. The van der Waals surface area contributed by atoms with Crippen LogP contribution in [0.5, 0.6) is 0 Å². The van der Waals surface area contributed by atoms with Crippen LogP contribution in [0.4, 0.5) is 5.69 Å². The fourth-order valence-corrected chi connectivity index (χ4v) is 3.22. The largest absolute Gasteiger partial charge is 0.368 e. The number of benzene rings is 3. The van der Waals surface area contributed by atoms with Crippen LogP contribution in [0.25, 0.3) is 11.1 Å². The summed E-state index contributed by atoms with van der Waals surface area (Å²) >= 11 is 5.85. The second-order valence-electron chi connectivity index (χ2n) is 6.09. The number of hydrazone groups is 1. The van der Waals surface area contributed by atoms with Gasteiger partial charge in [0.25, 0.3) is 0 Å². The third kappa shape index (κ3) is 3.46. The van der Waals surface area contributed by atoms with Crippen molar-refractivity contribution in [3.05, 3.63) is 88.4 Å². The van der Waals surface area contributed by atoms with E-state index in [4.69, 9.17) is 17.3 Å². The van der Waals surface area contributed by atoms with E-state index < -0.39 is 0 Å². The molecule has 0 bridgehead atoms. The lowest BCUT2D eigenvalue weighted by Crippen LogP contribution is -2.26. The summed E-state index contributed by atoms with van der Waals surface area (Å²) in [5.74, 6) is 0.220. The molecule has 0 spiro atoms. The average Bonchev–Trinajstić information content (AvgIpc) is 3.01. The summed E-state index contributed by atoms with van der Waals surface area (Å²) in [6, 6.07) is 22.0. The van der Waals surface area contributed by atoms with E-state index in [-0.39, 0.29) is 5.96 Å². The summed E-state index contributed by atoms with van der Waals surface area (Å²) in [7, 11) is 0. The lowest BCUT2D eigenvalue weighted by molar-refractivity contribution is 1.01. The molecule has 0 amide bonds. The van der Waals surface area contributed by atoms with Gasteiger partial charge >= 0.3 is 0 Å². The molecule has 0 unspecified atom stereocenters. The van der Waals surface area contributed by atoms with Crippen molar-refractivity contribution in [3.63, 3.8) is 0 Å². The van der Waals surface area contributed by atoms with E-state index in [1.54, 1.807) is 30.5 Å². The van der Waals surface area contributed by atoms with Crippen LogP contribution < -0.4 is 11.2 Å². The Morgan fingerprint density at radius 2 is 1.73 bits per heavy atom.